The fourth-order valence-corrected chi connectivity index (χ4v) is 3.68. The molecule has 2 bridgehead atoms. The minimum Gasteiger partial charge on any atom is -0.371 e. The third-order valence-electron chi connectivity index (χ3n) is 5.08. The lowest BCUT2D eigenvalue weighted by molar-refractivity contribution is -0.128. The summed E-state index contributed by atoms with van der Waals surface area (Å²) in [4.78, 5) is 14.8. The van der Waals surface area contributed by atoms with Gasteiger partial charge in [0.2, 0.25) is 5.91 Å². The van der Waals surface area contributed by atoms with Crippen LogP contribution in [0.15, 0.2) is 30.3 Å². The first-order chi connectivity index (χ1) is 10.8. The van der Waals surface area contributed by atoms with Crippen molar-refractivity contribution in [3.8, 4) is 0 Å². The van der Waals surface area contributed by atoms with Crippen LogP contribution in [-0.4, -0.2) is 42.6 Å². The minimum absolute atomic E-state index is 0.0459. The molecule has 0 spiro atoms. The van der Waals surface area contributed by atoms with Gasteiger partial charge in [0.25, 0.3) is 0 Å². The van der Waals surface area contributed by atoms with E-state index >= 15 is 0 Å². The van der Waals surface area contributed by atoms with Crippen molar-refractivity contribution in [1.29, 1.82) is 0 Å². The molecule has 1 amide bonds. The molecule has 4 heteroatoms. The van der Waals surface area contributed by atoms with Crippen LogP contribution in [0.1, 0.15) is 24.8 Å². The second-order valence-corrected chi connectivity index (χ2v) is 7.01. The van der Waals surface area contributed by atoms with Crippen molar-refractivity contribution in [1.82, 2.24) is 10.2 Å². The molecule has 0 aromatic heterocycles. The van der Waals surface area contributed by atoms with Crippen LogP contribution in [0, 0.1) is 11.8 Å². The number of nitrogens with zero attached hydrogens (tertiary/aromatic N) is 1. The molecule has 0 unspecified atom stereocenters. The molecule has 1 aromatic rings. The van der Waals surface area contributed by atoms with E-state index in [0.29, 0.717) is 0 Å². The maximum Gasteiger partial charge on any atom is 0.225 e. The zero-order chi connectivity index (χ0) is 14.9. The predicted molar refractivity (Wildman–Crippen MR) is 84.2 cm³/mol. The molecule has 1 aliphatic carbocycles. The molecule has 1 N–H and O–H groups in total. The van der Waals surface area contributed by atoms with Crippen molar-refractivity contribution >= 4 is 5.91 Å². The average molecular weight is 300 g/mol. The van der Waals surface area contributed by atoms with Crippen LogP contribution >= 0.6 is 0 Å². The number of carbonyl (C=O) groups is 1. The maximum atomic E-state index is 12.4. The molecule has 2 heterocycles. The summed E-state index contributed by atoms with van der Waals surface area (Å²) in [6, 6.07) is 10.5. The predicted octanol–water partition coefficient (Wildman–Crippen LogP) is 1.80. The standard InChI is InChI=1S/C18H24N2O2/c21-18(19-9-13-6-7-13)16-8-15-11-20(12-17(16)22-15)10-14-4-2-1-3-5-14/h1-5,13,15-17H,6-12H2,(H,19,21)/t15-,16+,17-/m0/s1. The van der Waals surface area contributed by atoms with Gasteiger partial charge in [-0.05, 0) is 30.7 Å². The lowest BCUT2D eigenvalue weighted by atomic mass is 9.99. The third kappa shape index (κ3) is 3.18. The van der Waals surface area contributed by atoms with Gasteiger partial charge in [-0.25, -0.2) is 0 Å². The Balaban J connectivity index is 1.34. The van der Waals surface area contributed by atoms with E-state index in [4.69, 9.17) is 4.74 Å². The highest BCUT2D eigenvalue weighted by Gasteiger charge is 2.44. The Bertz CT molecular complexity index is 529. The van der Waals surface area contributed by atoms with Crippen LogP contribution in [0.2, 0.25) is 0 Å². The fourth-order valence-electron chi connectivity index (χ4n) is 3.68. The monoisotopic (exact) mass is 300 g/mol. The van der Waals surface area contributed by atoms with Crippen molar-refractivity contribution < 1.29 is 9.53 Å². The van der Waals surface area contributed by atoms with Crippen LogP contribution in [-0.2, 0) is 16.1 Å². The summed E-state index contributed by atoms with van der Waals surface area (Å²) in [7, 11) is 0. The third-order valence-corrected chi connectivity index (χ3v) is 5.08. The number of hydrogen-bond donors (Lipinski definition) is 1. The van der Waals surface area contributed by atoms with Gasteiger partial charge in [-0.2, -0.15) is 0 Å². The van der Waals surface area contributed by atoms with Gasteiger partial charge in [0.15, 0.2) is 0 Å². The molecular weight excluding hydrogens is 276 g/mol. The van der Waals surface area contributed by atoms with Gasteiger partial charge in [-0.3, -0.25) is 9.69 Å². The Morgan fingerprint density at radius 2 is 2.05 bits per heavy atom. The van der Waals surface area contributed by atoms with Gasteiger partial charge < -0.3 is 10.1 Å². The largest absolute Gasteiger partial charge is 0.371 e. The zero-order valence-electron chi connectivity index (χ0n) is 12.9. The average Bonchev–Trinajstić information content (AvgIpc) is 3.30. The van der Waals surface area contributed by atoms with Gasteiger partial charge in [0.05, 0.1) is 18.1 Å². The number of ether oxygens (including phenoxy) is 1. The molecule has 3 atom stereocenters. The molecule has 22 heavy (non-hydrogen) atoms. The molecule has 4 rings (SSSR count). The van der Waals surface area contributed by atoms with Crippen LogP contribution in [0.5, 0.6) is 0 Å². The van der Waals surface area contributed by atoms with Gasteiger partial charge in [0.1, 0.15) is 0 Å². The number of fused-ring (bicyclic) bond motifs is 2. The molecule has 2 saturated heterocycles. The number of carbonyl (C=O) groups excluding carboxylic acids is 1. The molecule has 118 valence electrons. The number of amides is 1. The molecule has 4 nitrogen and oxygen atoms in total. The second kappa shape index (κ2) is 6.01. The minimum atomic E-state index is 0.0459. The summed E-state index contributed by atoms with van der Waals surface area (Å²) in [5.74, 6) is 0.991. The van der Waals surface area contributed by atoms with Gasteiger partial charge in [0, 0.05) is 26.2 Å². The van der Waals surface area contributed by atoms with E-state index in [9.17, 15) is 4.79 Å². The summed E-state index contributed by atoms with van der Waals surface area (Å²) in [5.41, 5.74) is 1.33. The Morgan fingerprint density at radius 3 is 2.82 bits per heavy atom. The second-order valence-electron chi connectivity index (χ2n) is 7.01. The van der Waals surface area contributed by atoms with E-state index in [1.54, 1.807) is 0 Å². The maximum absolute atomic E-state index is 12.4. The molecule has 1 saturated carbocycles. The summed E-state index contributed by atoms with van der Waals surface area (Å²) in [6.45, 7) is 3.62. The van der Waals surface area contributed by atoms with E-state index in [1.165, 1.54) is 18.4 Å². The summed E-state index contributed by atoms with van der Waals surface area (Å²) >= 11 is 0. The smallest absolute Gasteiger partial charge is 0.225 e. The highest BCUT2D eigenvalue weighted by atomic mass is 16.5. The molecular formula is C18H24N2O2. The summed E-state index contributed by atoms with van der Waals surface area (Å²) in [5, 5.41) is 3.13. The zero-order valence-corrected chi connectivity index (χ0v) is 12.9. The number of hydrogen-bond acceptors (Lipinski definition) is 3. The van der Waals surface area contributed by atoms with E-state index < -0.39 is 0 Å². The molecule has 3 fully saturated rings. The fraction of sp³-hybridized carbons (Fsp3) is 0.611. The van der Waals surface area contributed by atoms with E-state index in [1.807, 2.05) is 6.07 Å². The van der Waals surface area contributed by atoms with Gasteiger partial charge >= 0.3 is 0 Å². The first-order valence-corrected chi connectivity index (χ1v) is 8.47. The number of likely N-dealkylation sites (tertiary alicyclic amines) is 1. The Morgan fingerprint density at radius 1 is 1.23 bits per heavy atom. The van der Waals surface area contributed by atoms with Crippen molar-refractivity contribution in [3.63, 3.8) is 0 Å². The van der Waals surface area contributed by atoms with Crippen molar-refractivity contribution in [2.24, 2.45) is 11.8 Å². The molecule has 3 aliphatic rings. The van der Waals surface area contributed by atoms with Crippen LogP contribution in [0.4, 0.5) is 0 Å². The van der Waals surface area contributed by atoms with Gasteiger partial charge in [-0.1, -0.05) is 30.3 Å². The summed E-state index contributed by atoms with van der Waals surface area (Å²) < 4.78 is 6.02. The lowest BCUT2D eigenvalue weighted by Crippen LogP contribution is -2.45. The van der Waals surface area contributed by atoms with Crippen molar-refractivity contribution in [2.45, 2.75) is 38.0 Å². The van der Waals surface area contributed by atoms with E-state index in [2.05, 4.69) is 34.5 Å². The number of rotatable bonds is 5. The van der Waals surface area contributed by atoms with Crippen LogP contribution in [0.25, 0.3) is 0 Å². The topological polar surface area (TPSA) is 41.6 Å². The van der Waals surface area contributed by atoms with E-state index in [-0.39, 0.29) is 24.0 Å². The first kappa shape index (κ1) is 14.2. The molecule has 0 radical (unpaired) electrons. The highest BCUT2D eigenvalue weighted by Crippen LogP contribution is 2.33. The first-order valence-electron chi connectivity index (χ1n) is 8.47. The van der Waals surface area contributed by atoms with Crippen molar-refractivity contribution in [3.05, 3.63) is 35.9 Å². The number of benzene rings is 1. The Labute approximate surface area is 131 Å². The summed E-state index contributed by atoms with van der Waals surface area (Å²) in [6.07, 6.45) is 3.73. The normalized spacial score (nSPS) is 31.2. The van der Waals surface area contributed by atoms with E-state index in [0.717, 1.165) is 38.5 Å². The lowest BCUT2D eigenvalue weighted by Gasteiger charge is -2.32. The Kier molecular flexibility index (Phi) is 3.89. The quantitative estimate of drug-likeness (QED) is 0.901. The molecule has 2 aliphatic heterocycles. The Hall–Kier alpha value is -1.39. The van der Waals surface area contributed by atoms with Gasteiger partial charge in [-0.15, -0.1) is 0 Å². The number of nitrogens with one attached hydrogen (secondary N) is 1. The van der Waals surface area contributed by atoms with Crippen LogP contribution in [0.3, 0.4) is 0 Å². The SMILES string of the molecule is O=C(NCC1CC1)[C@@H]1C[C@H]2CN(Cc3ccccc3)C[C@@H]1O2. The molecule has 1 aromatic carbocycles. The highest BCUT2D eigenvalue weighted by molar-refractivity contribution is 5.79. The van der Waals surface area contributed by atoms with Crippen molar-refractivity contribution in [2.75, 3.05) is 19.6 Å². The number of morpholine rings is 1. The van der Waals surface area contributed by atoms with Crippen LogP contribution < -0.4 is 5.32 Å².